The van der Waals surface area contributed by atoms with Gasteiger partial charge in [-0.1, -0.05) is 109 Å². The number of fused-ring (bicyclic) bond motifs is 11. The molecule has 5 heteroatoms. The summed E-state index contributed by atoms with van der Waals surface area (Å²) in [6.07, 6.45) is 0. The molecule has 0 atom stereocenters. The van der Waals surface area contributed by atoms with E-state index >= 15 is 0 Å². The first kappa shape index (κ1) is 31.7. The molecule has 56 heavy (non-hydrogen) atoms. The Morgan fingerprint density at radius 3 is 1.62 bits per heavy atom. The largest absolute Gasteiger partial charge is 0.455 e. The van der Waals surface area contributed by atoms with Crippen LogP contribution < -0.4 is 4.90 Å². The van der Waals surface area contributed by atoms with Crippen LogP contribution in [0.5, 0.6) is 0 Å². The van der Waals surface area contributed by atoms with Crippen LogP contribution in [0.25, 0.3) is 95.7 Å². The summed E-state index contributed by atoms with van der Waals surface area (Å²) in [7, 11) is 0. The van der Waals surface area contributed by atoms with Gasteiger partial charge in [-0.2, -0.15) is 0 Å². The van der Waals surface area contributed by atoms with E-state index in [4.69, 9.17) is 8.83 Å². The van der Waals surface area contributed by atoms with Crippen molar-refractivity contribution in [2.75, 3.05) is 4.90 Å². The van der Waals surface area contributed by atoms with Gasteiger partial charge in [0.25, 0.3) is 0 Å². The van der Waals surface area contributed by atoms with Gasteiger partial charge >= 0.3 is 0 Å². The molecule has 0 unspecified atom stereocenters. The molecule has 3 nitrogen and oxygen atoms in total. The van der Waals surface area contributed by atoms with Crippen molar-refractivity contribution in [2.45, 2.75) is 6.92 Å². The standard InChI is InChI=1S/C51H31NO2S2/c1-30-41-29-42(51-48(40-15-5-8-16-43(40)53-51)50(41)54-49(30)32-11-3-2-4-12-32)31-19-21-33(22-20-31)52(34-23-25-38-36-13-6-9-17-44(36)55-46(38)27-34)35-24-26-39-37-14-7-10-18-45(37)56-47(39)28-35/h2-29H,1H3. The first-order valence-electron chi connectivity index (χ1n) is 18.8. The molecule has 264 valence electrons. The zero-order valence-electron chi connectivity index (χ0n) is 30.2. The van der Waals surface area contributed by atoms with Crippen molar-refractivity contribution in [1.82, 2.24) is 0 Å². The van der Waals surface area contributed by atoms with Gasteiger partial charge in [0.2, 0.25) is 0 Å². The molecule has 0 fully saturated rings. The lowest BCUT2D eigenvalue weighted by atomic mass is 9.97. The summed E-state index contributed by atoms with van der Waals surface area (Å²) in [6, 6.07) is 61.0. The zero-order chi connectivity index (χ0) is 36.9. The number of anilines is 3. The number of hydrogen-bond acceptors (Lipinski definition) is 5. The number of furan rings is 2. The van der Waals surface area contributed by atoms with Crippen LogP contribution in [0.3, 0.4) is 0 Å². The van der Waals surface area contributed by atoms with Crippen LogP contribution in [0.4, 0.5) is 17.1 Å². The van der Waals surface area contributed by atoms with Crippen LogP contribution in [-0.4, -0.2) is 0 Å². The smallest absolute Gasteiger partial charge is 0.147 e. The molecular weight excluding hydrogens is 723 g/mol. The fourth-order valence-electron chi connectivity index (χ4n) is 8.58. The van der Waals surface area contributed by atoms with E-state index in [1.54, 1.807) is 0 Å². The molecule has 0 N–H and O–H groups in total. The van der Waals surface area contributed by atoms with Gasteiger partial charge < -0.3 is 13.7 Å². The minimum absolute atomic E-state index is 0.835. The van der Waals surface area contributed by atoms with E-state index in [0.717, 1.165) is 78.0 Å². The lowest BCUT2D eigenvalue weighted by molar-refractivity contribution is 0.631. The van der Waals surface area contributed by atoms with Crippen molar-refractivity contribution in [3.63, 3.8) is 0 Å². The van der Waals surface area contributed by atoms with E-state index in [9.17, 15) is 0 Å². The molecule has 0 aliphatic rings. The Balaban J connectivity index is 1.04. The summed E-state index contributed by atoms with van der Waals surface area (Å²) in [5, 5.41) is 8.35. The maximum Gasteiger partial charge on any atom is 0.147 e. The Hall–Kier alpha value is -6.66. The Bertz CT molecular complexity index is 3380. The average molecular weight is 754 g/mol. The van der Waals surface area contributed by atoms with E-state index < -0.39 is 0 Å². The van der Waals surface area contributed by atoms with Gasteiger partial charge in [-0.15, -0.1) is 22.7 Å². The normalized spacial score (nSPS) is 12.0. The van der Waals surface area contributed by atoms with Crippen LogP contribution >= 0.6 is 22.7 Å². The van der Waals surface area contributed by atoms with Gasteiger partial charge in [0.05, 0.1) is 5.39 Å². The molecular formula is C51H31NO2S2. The van der Waals surface area contributed by atoms with Gasteiger partial charge in [0.1, 0.15) is 22.5 Å². The number of nitrogens with zero attached hydrogens (tertiary/aromatic N) is 1. The second kappa shape index (κ2) is 12.2. The van der Waals surface area contributed by atoms with Gasteiger partial charge in [0, 0.05) is 84.9 Å². The van der Waals surface area contributed by atoms with Crippen molar-refractivity contribution < 1.29 is 8.83 Å². The second-order valence-electron chi connectivity index (χ2n) is 14.5. The molecule has 12 rings (SSSR count). The zero-order valence-corrected chi connectivity index (χ0v) is 31.9. The maximum absolute atomic E-state index is 6.74. The molecule has 0 aliphatic heterocycles. The second-order valence-corrected chi connectivity index (χ2v) is 16.6. The lowest BCUT2D eigenvalue weighted by Crippen LogP contribution is -2.09. The molecule has 0 saturated heterocycles. The topological polar surface area (TPSA) is 29.5 Å². The van der Waals surface area contributed by atoms with E-state index in [1.807, 2.05) is 40.9 Å². The lowest BCUT2D eigenvalue weighted by Gasteiger charge is -2.26. The molecule has 4 heterocycles. The molecule has 0 radical (unpaired) electrons. The molecule has 4 aromatic heterocycles. The van der Waals surface area contributed by atoms with Crippen LogP contribution in [0.15, 0.2) is 179 Å². The fourth-order valence-corrected chi connectivity index (χ4v) is 10.9. The highest BCUT2D eigenvalue weighted by Crippen LogP contribution is 2.47. The SMILES string of the molecule is Cc1c(-c2ccccc2)oc2c1cc(-c1ccc(N(c3ccc4c(c3)sc3ccccc34)c3ccc4c(c3)sc3ccccc34)cc1)c1oc3ccccc3c12. The third-order valence-electron chi connectivity index (χ3n) is 11.3. The molecule has 0 aliphatic carbocycles. The number of benzene rings is 8. The number of para-hydroxylation sites is 1. The average Bonchev–Trinajstić information content (AvgIpc) is 4.01. The summed E-state index contributed by atoms with van der Waals surface area (Å²) in [6.45, 7) is 2.16. The fraction of sp³-hybridized carbons (Fsp3) is 0.0196. The maximum atomic E-state index is 6.74. The third kappa shape index (κ3) is 4.75. The van der Waals surface area contributed by atoms with Gasteiger partial charge in [-0.25, -0.2) is 0 Å². The van der Waals surface area contributed by atoms with Gasteiger partial charge in [-0.3, -0.25) is 0 Å². The summed E-state index contributed by atoms with van der Waals surface area (Å²) < 4.78 is 18.6. The summed E-state index contributed by atoms with van der Waals surface area (Å²) in [4.78, 5) is 2.39. The highest BCUT2D eigenvalue weighted by Gasteiger charge is 2.23. The predicted octanol–water partition coefficient (Wildman–Crippen LogP) is 16.2. The Morgan fingerprint density at radius 1 is 0.411 bits per heavy atom. The van der Waals surface area contributed by atoms with E-state index in [0.29, 0.717) is 0 Å². The van der Waals surface area contributed by atoms with E-state index in [-0.39, 0.29) is 0 Å². The van der Waals surface area contributed by atoms with Crippen molar-refractivity contribution >= 4 is 113 Å². The summed E-state index contributed by atoms with van der Waals surface area (Å²) in [5.41, 5.74) is 10.2. The summed E-state index contributed by atoms with van der Waals surface area (Å²) in [5.74, 6) is 0.890. The molecule has 0 saturated carbocycles. The number of hydrogen-bond donors (Lipinski definition) is 0. The Kier molecular flexibility index (Phi) is 6.88. The van der Waals surface area contributed by atoms with Crippen molar-refractivity contribution in [3.8, 4) is 22.5 Å². The van der Waals surface area contributed by atoms with E-state index in [2.05, 4.69) is 163 Å². The number of aryl methyl sites for hydroxylation is 1. The van der Waals surface area contributed by atoms with Crippen LogP contribution in [0.1, 0.15) is 5.56 Å². The molecule has 0 bridgehead atoms. The van der Waals surface area contributed by atoms with Crippen molar-refractivity contribution in [3.05, 3.63) is 175 Å². The van der Waals surface area contributed by atoms with Crippen LogP contribution in [0, 0.1) is 6.92 Å². The predicted molar refractivity (Wildman–Crippen MR) is 240 cm³/mol. The minimum Gasteiger partial charge on any atom is -0.455 e. The highest BCUT2D eigenvalue weighted by molar-refractivity contribution is 7.26. The Labute approximate surface area is 329 Å². The van der Waals surface area contributed by atoms with E-state index in [1.165, 1.54) is 40.3 Å². The number of rotatable bonds is 5. The molecule has 8 aromatic carbocycles. The van der Waals surface area contributed by atoms with Crippen LogP contribution in [-0.2, 0) is 0 Å². The van der Waals surface area contributed by atoms with Crippen molar-refractivity contribution in [2.24, 2.45) is 0 Å². The van der Waals surface area contributed by atoms with Crippen LogP contribution in [0.2, 0.25) is 0 Å². The molecule has 0 spiro atoms. The first-order chi connectivity index (χ1) is 27.7. The van der Waals surface area contributed by atoms with Crippen molar-refractivity contribution in [1.29, 1.82) is 0 Å². The minimum atomic E-state index is 0.835. The quantitative estimate of drug-likeness (QED) is 0.175. The molecule has 0 amide bonds. The highest BCUT2D eigenvalue weighted by atomic mass is 32.1. The molecule has 12 aromatic rings. The van der Waals surface area contributed by atoms with Gasteiger partial charge in [0.15, 0.2) is 0 Å². The first-order valence-corrected chi connectivity index (χ1v) is 20.5. The van der Waals surface area contributed by atoms with Gasteiger partial charge in [-0.05, 0) is 73.2 Å². The monoisotopic (exact) mass is 753 g/mol. The number of thiophene rings is 2. The Morgan fingerprint density at radius 2 is 0.964 bits per heavy atom. The summed E-state index contributed by atoms with van der Waals surface area (Å²) >= 11 is 3.70. The third-order valence-corrected chi connectivity index (χ3v) is 13.5.